The predicted octanol–water partition coefficient (Wildman–Crippen LogP) is 5.40. The van der Waals surface area contributed by atoms with E-state index < -0.39 is 0 Å². The van der Waals surface area contributed by atoms with Crippen LogP contribution in [-0.2, 0) is 18.9 Å². The second kappa shape index (κ2) is 10.0. The Morgan fingerprint density at radius 1 is 0.613 bits per heavy atom. The van der Waals surface area contributed by atoms with E-state index in [1.54, 1.807) is 0 Å². The van der Waals surface area contributed by atoms with Crippen molar-refractivity contribution in [1.82, 2.24) is 0 Å². The van der Waals surface area contributed by atoms with Crippen LogP contribution in [0.4, 0.5) is 0 Å². The van der Waals surface area contributed by atoms with Gasteiger partial charge in [0, 0.05) is 33.5 Å². The van der Waals surface area contributed by atoms with Crippen LogP contribution >= 0.6 is 109 Å². The number of rotatable bonds is 14. The molecule has 0 spiro atoms. The van der Waals surface area contributed by atoms with Crippen LogP contribution in [0.15, 0.2) is 0 Å². The van der Waals surface area contributed by atoms with Gasteiger partial charge in [-0.2, -0.15) is 11.8 Å². The monoisotopic (exact) mass is 598 g/mol. The van der Waals surface area contributed by atoms with Crippen LogP contribution in [0.1, 0.15) is 27.7 Å². The van der Waals surface area contributed by atoms with E-state index in [0.717, 1.165) is 23.0 Å². The quantitative estimate of drug-likeness (QED) is 0.120. The summed E-state index contributed by atoms with van der Waals surface area (Å²) in [7, 11) is 0. The molecule has 4 heterocycles. The zero-order valence-corrected chi connectivity index (χ0v) is 25.4. The molecule has 10 atom stereocenters. The smallest absolute Gasteiger partial charge is 0.148 e. The van der Waals surface area contributed by atoms with Gasteiger partial charge in [0.15, 0.2) is 0 Å². The van der Waals surface area contributed by atoms with Crippen molar-refractivity contribution in [2.45, 2.75) is 79.7 Å². The zero-order chi connectivity index (χ0) is 22.7. The van der Waals surface area contributed by atoms with Crippen LogP contribution in [0.5, 0.6) is 0 Å². The fraction of sp³-hybridized carbons (Fsp3) is 1.00. The van der Waals surface area contributed by atoms with Crippen LogP contribution in [-0.4, -0.2) is 75.0 Å². The van der Waals surface area contributed by atoms with Gasteiger partial charge < -0.3 is 18.9 Å². The van der Waals surface area contributed by atoms with Crippen molar-refractivity contribution in [2.75, 3.05) is 23.0 Å². The first-order chi connectivity index (χ1) is 14.4. The molecule has 0 bridgehead atoms. The third-order valence-corrected chi connectivity index (χ3v) is 16.6. The van der Waals surface area contributed by atoms with Crippen molar-refractivity contribution in [3.8, 4) is 0 Å². The summed E-state index contributed by atoms with van der Waals surface area (Å²) in [5.41, 5.74) is 0.0890. The molecule has 4 rings (SSSR count). The van der Waals surface area contributed by atoms with E-state index in [1.165, 1.54) is 0 Å². The van der Waals surface area contributed by atoms with Gasteiger partial charge in [0.2, 0.25) is 0 Å². The van der Waals surface area contributed by atoms with Gasteiger partial charge in [-0.25, -0.2) is 0 Å². The lowest BCUT2D eigenvalue weighted by Gasteiger charge is -2.29. The fourth-order valence-corrected chi connectivity index (χ4v) is 11.8. The van der Waals surface area contributed by atoms with Gasteiger partial charge in [0.1, 0.15) is 41.5 Å². The number of ether oxygens (including phenoxy) is 4. The largest absolute Gasteiger partial charge is 0.343 e. The number of hydrogen-bond acceptors (Lipinski definition) is 13. The molecule has 0 aromatic carbocycles. The summed E-state index contributed by atoms with van der Waals surface area (Å²) in [6.45, 7) is 8.50. The zero-order valence-electron chi connectivity index (χ0n) is 17.8. The Morgan fingerprint density at radius 2 is 1.00 bits per heavy atom. The predicted molar refractivity (Wildman–Crippen MR) is 154 cm³/mol. The molecule has 31 heavy (non-hydrogen) atoms. The van der Waals surface area contributed by atoms with Crippen molar-refractivity contribution in [3.63, 3.8) is 0 Å². The first-order valence-corrected chi connectivity index (χ1v) is 17.0. The van der Waals surface area contributed by atoms with Crippen LogP contribution in [0, 0.1) is 0 Å². The molecule has 0 saturated carbocycles. The Bertz CT molecular complexity index is 678. The second-order valence-corrected chi connectivity index (χ2v) is 17.7. The number of epoxide rings is 4. The molecule has 0 aliphatic carbocycles. The summed E-state index contributed by atoms with van der Waals surface area (Å²) < 4.78 is 22.8. The van der Waals surface area contributed by atoms with E-state index in [-0.39, 0.29) is 41.5 Å². The highest BCUT2D eigenvalue weighted by Gasteiger charge is 2.56. The lowest BCUT2D eigenvalue weighted by Crippen LogP contribution is -2.31. The molecule has 0 N–H and O–H groups in total. The number of thioether (sulfide) groups is 5. The molecule has 0 aromatic heterocycles. The highest BCUT2D eigenvalue weighted by molar-refractivity contribution is 8.09. The van der Waals surface area contributed by atoms with Gasteiger partial charge in [0.05, 0.1) is 0 Å². The first-order valence-electron chi connectivity index (χ1n) is 10.0. The molecule has 4 fully saturated rings. The van der Waals surface area contributed by atoms with Gasteiger partial charge in [-0.15, -0.1) is 97.6 Å². The van der Waals surface area contributed by atoms with Crippen molar-refractivity contribution in [2.24, 2.45) is 0 Å². The molecule has 180 valence electrons. The lowest BCUT2D eigenvalue weighted by molar-refractivity contribution is 0.392. The maximum Gasteiger partial charge on any atom is 0.148 e. The van der Waals surface area contributed by atoms with Gasteiger partial charge in [0.25, 0.3) is 0 Å². The maximum atomic E-state index is 5.81. The third-order valence-electron chi connectivity index (χ3n) is 5.62. The second-order valence-electron chi connectivity index (χ2n) is 8.48. The molecule has 13 heteroatoms. The molecule has 4 aliphatic heterocycles. The molecule has 10 unspecified atom stereocenters. The summed E-state index contributed by atoms with van der Waals surface area (Å²) in [5.74, 6) is 4.07. The maximum absolute atomic E-state index is 5.81. The van der Waals surface area contributed by atoms with E-state index in [2.05, 4.69) is 78.2 Å². The third kappa shape index (κ3) is 6.85. The molecular formula is C18H30O4S9. The molecule has 4 saturated heterocycles. The highest BCUT2D eigenvalue weighted by Crippen LogP contribution is 2.56. The van der Waals surface area contributed by atoms with Crippen LogP contribution in [0.25, 0.3) is 0 Å². The SMILES string of the molecule is CC1(SCCSC(CSC2(C)OC2S)C(CSC2(C)OC2S)SC2(C)OC2S)OC1S. The van der Waals surface area contributed by atoms with Crippen molar-refractivity contribution < 1.29 is 18.9 Å². The highest BCUT2D eigenvalue weighted by atomic mass is 32.2. The minimum Gasteiger partial charge on any atom is -0.343 e. The Balaban J connectivity index is 1.36. The first kappa shape index (κ1) is 27.0. The van der Waals surface area contributed by atoms with Gasteiger partial charge in [-0.1, -0.05) is 0 Å². The summed E-state index contributed by atoms with van der Waals surface area (Å²) in [5, 5.41) is 0.828. The standard InChI is InChI=1S/C18H30O4S9/c1-15(11(23)19-15)28-6-5-27-9(7-29-16(2)12(24)20-16)10(31-18(4)14(26)22-18)8-30-17(3)13(25)21-17/h9-14,23-26H,5-8H2,1-4H3. The van der Waals surface area contributed by atoms with Crippen molar-refractivity contribution in [3.05, 3.63) is 0 Å². The van der Waals surface area contributed by atoms with E-state index >= 15 is 0 Å². The van der Waals surface area contributed by atoms with E-state index in [0.29, 0.717) is 10.5 Å². The average Bonchev–Trinajstić information content (AvgIpc) is 3.64. The van der Waals surface area contributed by atoms with Crippen LogP contribution in [0.2, 0.25) is 0 Å². The topological polar surface area (TPSA) is 50.1 Å². The molecule has 0 aromatic rings. The van der Waals surface area contributed by atoms with Gasteiger partial charge in [-0.3, -0.25) is 0 Å². The molecule has 0 amide bonds. The molecular weight excluding hydrogens is 569 g/mol. The Kier molecular flexibility index (Phi) is 8.76. The van der Waals surface area contributed by atoms with Gasteiger partial charge in [-0.05, 0) is 27.7 Å². The summed E-state index contributed by atoms with van der Waals surface area (Å²) in [6, 6.07) is 0. The normalized spacial score (nSPS) is 49.5. The summed E-state index contributed by atoms with van der Waals surface area (Å²) in [6.07, 6.45) is 0. The Labute approximate surface area is 229 Å². The fourth-order valence-electron chi connectivity index (χ4n) is 2.87. The van der Waals surface area contributed by atoms with E-state index in [9.17, 15) is 0 Å². The van der Waals surface area contributed by atoms with E-state index in [4.69, 9.17) is 18.9 Å². The van der Waals surface area contributed by atoms with Crippen molar-refractivity contribution in [1.29, 1.82) is 0 Å². The van der Waals surface area contributed by atoms with E-state index in [1.807, 2.05) is 58.8 Å². The molecule has 4 nitrogen and oxygen atoms in total. The molecule has 4 aliphatic rings. The average molecular weight is 599 g/mol. The van der Waals surface area contributed by atoms with Crippen molar-refractivity contribution >= 4 is 109 Å². The Hall–Kier alpha value is 2.99. The molecule has 0 radical (unpaired) electrons. The number of thiol groups is 4. The van der Waals surface area contributed by atoms with Crippen LogP contribution < -0.4 is 0 Å². The Morgan fingerprint density at radius 3 is 1.42 bits per heavy atom. The minimum atomic E-state index is -0.223. The lowest BCUT2D eigenvalue weighted by atomic mass is 10.3. The van der Waals surface area contributed by atoms with Crippen LogP contribution in [0.3, 0.4) is 0 Å². The van der Waals surface area contributed by atoms with Gasteiger partial charge >= 0.3 is 0 Å². The number of hydrogen-bond donors (Lipinski definition) is 4. The minimum absolute atomic E-state index is 0.00496. The summed E-state index contributed by atoms with van der Waals surface area (Å²) >= 11 is 27.5. The summed E-state index contributed by atoms with van der Waals surface area (Å²) in [4.78, 5) is -0.714.